The fourth-order valence-corrected chi connectivity index (χ4v) is 1.84. The molecule has 0 atom stereocenters. The molecule has 0 aliphatic rings. The molecule has 0 saturated heterocycles. The van der Waals surface area contributed by atoms with E-state index >= 15 is 0 Å². The Labute approximate surface area is 91.5 Å². The van der Waals surface area contributed by atoms with Crippen LogP contribution in [0, 0.1) is 28.4 Å². The maximum atomic E-state index is 11.0. The zero-order valence-corrected chi connectivity index (χ0v) is 8.65. The van der Waals surface area contributed by atoms with Crippen LogP contribution in [0.25, 0.3) is 10.9 Å². The summed E-state index contributed by atoms with van der Waals surface area (Å²) in [4.78, 5) is 13.5. The molecule has 0 saturated carbocycles. The molecule has 0 unspecified atom stereocenters. The van der Waals surface area contributed by atoms with Gasteiger partial charge in [-0.15, -0.1) is 0 Å². The molecule has 2 rings (SSSR count). The van der Waals surface area contributed by atoms with Crippen LogP contribution in [-0.4, -0.2) is 9.91 Å². The van der Waals surface area contributed by atoms with Gasteiger partial charge >= 0.3 is 0 Å². The number of aromatic amines is 1. The summed E-state index contributed by atoms with van der Waals surface area (Å²) in [6, 6.07) is 5.50. The van der Waals surface area contributed by atoms with Crippen LogP contribution in [-0.2, 0) is 6.42 Å². The lowest BCUT2D eigenvalue weighted by atomic mass is 10.1. The van der Waals surface area contributed by atoms with Crippen LogP contribution < -0.4 is 0 Å². The number of nitrogens with zero attached hydrogens (tertiary/aromatic N) is 2. The van der Waals surface area contributed by atoms with Crippen LogP contribution in [0.3, 0.4) is 0 Å². The fourth-order valence-electron chi connectivity index (χ4n) is 1.84. The number of fused-ring (bicyclic) bond motifs is 1. The average Bonchev–Trinajstić information content (AvgIpc) is 2.61. The van der Waals surface area contributed by atoms with Crippen molar-refractivity contribution >= 4 is 16.6 Å². The molecule has 1 heterocycles. The van der Waals surface area contributed by atoms with Gasteiger partial charge in [-0.05, 0) is 18.6 Å². The minimum Gasteiger partial charge on any atom is -0.361 e. The average molecular weight is 215 g/mol. The summed E-state index contributed by atoms with van der Waals surface area (Å²) in [5.74, 6) is 0. The Balaban J connectivity index is 2.83. The van der Waals surface area contributed by atoms with Crippen molar-refractivity contribution < 1.29 is 4.92 Å². The summed E-state index contributed by atoms with van der Waals surface area (Å²) in [5, 5.41) is 20.2. The quantitative estimate of drug-likeness (QED) is 0.616. The lowest BCUT2D eigenvalue weighted by Gasteiger charge is -1.99. The van der Waals surface area contributed by atoms with E-state index in [4.69, 9.17) is 5.26 Å². The number of aromatic nitrogens is 1. The van der Waals surface area contributed by atoms with Gasteiger partial charge in [-0.3, -0.25) is 10.1 Å². The number of hydrogen-bond acceptors (Lipinski definition) is 3. The van der Waals surface area contributed by atoms with E-state index in [0.717, 1.165) is 0 Å². The number of nitro benzene ring substituents is 1. The van der Waals surface area contributed by atoms with E-state index in [-0.39, 0.29) is 12.1 Å². The zero-order valence-electron chi connectivity index (χ0n) is 8.65. The number of nitriles is 1. The molecule has 0 radical (unpaired) electrons. The Kier molecular flexibility index (Phi) is 2.33. The molecule has 1 N–H and O–H groups in total. The second-order valence-electron chi connectivity index (χ2n) is 3.56. The molecule has 0 aliphatic carbocycles. The summed E-state index contributed by atoms with van der Waals surface area (Å²) in [6.07, 6.45) is 1.82. The summed E-state index contributed by atoms with van der Waals surface area (Å²) in [6.45, 7) is 1.70. The predicted molar refractivity (Wildman–Crippen MR) is 59.0 cm³/mol. The number of benzene rings is 1. The molecular weight excluding hydrogens is 206 g/mol. The van der Waals surface area contributed by atoms with Crippen LogP contribution in [0.5, 0.6) is 0 Å². The second kappa shape index (κ2) is 3.66. The van der Waals surface area contributed by atoms with Crippen LogP contribution in [0.15, 0.2) is 18.3 Å². The minimum atomic E-state index is -0.396. The van der Waals surface area contributed by atoms with Gasteiger partial charge in [0.05, 0.1) is 28.3 Å². The SMILES string of the molecule is Cc1ccc2[nH]cc(CC#N)c2c1[N+](=O)[O-]. The van der Waals surface area contributed by atoms with Crippen molar-refractivity contribution in [3.8, 4) is 6.07 Å². The van der Waals surface area contributed by atoms with Gasteiger partial charge in [-0.1, -0.05) is 6.07 Å². The first-order valence-corrected chi connectivity index (χ1v) is 4.76. The van der Waals surface area contributed by atoms with Crippen molar-refractivity contribution in [2.24, 2.45) is 0 Å². The fraction of sp³-hybridized carbons (Fsp3) is 0.182. The normalized spacial score (nSPS) is 10.2. The summed E-state index contributed by atoms with van der Waals surface area (Å²) >= 11 is 0. The molecule has 1 aromatic carbocycles. The van der Waals surface area contributed by atoms with Crippen molar-refractivity contribution in [3.05, 3.63) is 39.6 Å². The highest BCUT2D eigenvalue weighted by molar-refractivity contribution is 5.93. The Hall–Kier alpha value is -2.35. The number of aryl methyl sites for hydroxylation is 1. The largest absolute Gasteiger partial charge is 0.361 e. The molecule has 80 valence electrons. The molecule has 1 aromatic heterocycles. The van der Waals surface area contributed by atoms with Crippen molar-refractivity contribution in [1.29, 1.82) is 5.26 Å². The topological polar surface area (TPSA) is 82.7 Å². The molecule has 16 heavy (non-hydrogen) atoms. The van der Waals surface area contributed by atoms with Crippen molar-refractivity contribution in [1.82, 2.24) is 4.98 Å². The third kappa shape index (κ3) is 1.41. The van der Waals surface area contributed by atoms with Crippen molar-refractivity contribution in [2.75, 3.05) is 0 Å². The van der Waals surface area contributed by atoms with Crippen molar-refractivity contribution in [3.63, 3.8) is 0 Å². The zero-order chi connectivity index (χ0) is 11.7. The molecule has 2 aromatic rings. The van der Waals surface area contributed by atoms with E-state index in [1.807, 2.05) is 6.07 Å². The maximum Gasteiger partial charge on any atom is 0.281 e. The molecule has 5 heteroatoms. The van der Waals surface area contributed by atoms with E-state index in [2.05, 4.69) is 4.98 Å². The van der Waals surface area contributed by atoms with Gasteiger partial charge in [-0.25, -0.2) is 0 Å². The van der Waals surface area contributed by atoms with Crippen molar-refractivity contribution in [2.45, 2.75) is 13.3 Å². The summed E-state index contributed by atoms with van der Waals surface area (Å²) < 4.78 is 0. The molecule has 0 spiro atoms. The van der Waals surface area contributed by atoms with Gasteiger partial charge in [-0.2, -0.15) is 5.26 Å². The first-order valence-electron chi connectivity index (χ1n) is 4.76. The standard InChI is InChI=1S/C11H9N3O2/c1-7-2-3-9-10(11(7)14(15)16)8(4-5-12)6-13-9/h2-3,6,13H,4H2,1H3. The highest BCUT2D eigenvalue weighted by Crippen LogP contribution is 2.31. The van der Waals surface area contributed by atoms with E-state index < -0.39 is 4.92 Å². The van der Waals surface area contributed by atoms with Crippen LogP contribution in [0.4, 0.5) is 5.69 Å². The van der Waals surface area contributed by atoms with Gasteiger partial charge in [0.1, 0.15) is 0 Å². The molecular formula is C11H9N3O2. The van der Waals surface area contributed by atoms with E-state index in [0.29, 0.717) is 22.0 Å². The monoisotopic (exact) mass is 215 g/mol. The number of nitro groups is 1. The van der Waals surface area contributed by atoms with E-state index in [9.17, 15) is 10.1 Å². The Morgan fingerprint density at radius 1 is 1.56 bits per heavy atom. The number of nitrogens with one attached hydrogen (secondary N) is 1. The smallest absolute Gasteiger partial charge is 0.281 e. The lowest BCUT2D eigenvalue weighted by Crippen LogP contribution is -1.93. The Morgan fingerprint density at radius 2 is 2.31 bits per heavy atom. The first kappa shape index (κ1) is 10.2. The highest BCUT2D eigenvalue weighted by atomic mass is 16.6. The molecule has 5 nitrogen and oxygen atoms in total. The van der Waals surface area contributed by atoms with Crippen LogP contribution in [0.2, 0.25) is 0 Å². The predicted octanol–water partition coefficient (Wildman–Crippen LogP) is 2.45. The Bertz CT molecular complexity index is 607. The van der Waals surface area contributed by atoms with Crippen LogP contribution >= 0.6 is 0 Å². The van der Waals surface area contributed by atoms with E-state index in [1.54, 1.807) is 25.3 Å². The van der Waals surface area contributed by atoms with Gasteiger partial charge < -0.3 is 4.98 Å². The third-order valence-corrected chi connectivity index (χ3v) is 2.55. The minimum absolute atomic E-state index is 0.0870. The molecule has 0 aliphatic heterocycles. The molecule has 0 amide bonds. The summed E-state index contributed by atoms with van der Waals surface area (Å²) in [7, 11) is 0. The van der Waals surface area contributed by atoms with Gasteiger partial charge in [0.2, 0.25) is 0 Å². The van der Waals surface area contributed by atoms with E-state index in [1.165, 1.54) is 0 Å². The first-order chi connectivity index (χ1) is 7.65. The van der Waals surface area contributed by atoms with Crippen LogP contribution in [0.1, 0.15) is 11.1 Å². The van der Waals surface area contributed by atoms with Gasteiger partial charge in [0, 0.05) is 11.8 Å². The third-order valence-electron chi connectivity index (χ3n) is 2.55. The highest BCUT2D eigenvalue weighted by Gasteiger charge is 2.19. The maximum absolute atomic E-state index is 11.0. The van der Waals surface area contributed by atoms with Gasteiger partial charge in [0.15, 0.2) is 0 Å². The number of rotatable bonds is 2. The lowest BCUT2D eigenvalue weighted by molar-refractivity contribution is -0.383. The number of hydrogen-bond donors (Lipinski definition) is 1. The molecule has 0 fully saturated rings. The van der Waals surface area contributed by atoms with Gasteiger partial charge in [0.25, 0.3) is 5.69 Å². The second-order valence-corrected chi connectivity index (χ2v) is 3.56. The Morgan fingerprint density at radius 3 is 2.94 bits per heavy atom. The molecule has 0 bridgehead atoms. The summed E-state index contributed by atoms with van der Waals surface area (Å²) in [5.41, 5.74) is 2.07. The number of H-pyrrole nitrogens is 1.